The molecule has 1 atom stereocenters. The Morgan fingerprint density at radius 3 is 2.67 bits per heavy atom. The third kappa shape index (κ3) is 3.60. The third-order valence-corrected chi connectivity index (χ3v) is 5.00. The summed E-state index contributed by atoms with van der Waals surface area (Å²) in [6.07, 6.45) is 1.51. The first kappa shape index (κ1) is 15.9. The minimum atomic E-state index is -0.562. The van der Waals surface area contributed by atoms with Crippen LogP contribution in [0.4, 0.5) is 4.39 Å². The molecule has 0 radical (unpaired) electrons. The number of nitrogens with one attached hydrogen (secondary N) is 1. The minimum Gasteiger partial charge on any atom is -0.321 e. The summed E-state index contributed by atoms with van der Waals surface area (Å²) in [5.74, 6) is 3.43. The molecule has 1 unspecified atom stereocenters. The van der Waals surface area contributed by atoms with Crippen LogP contribution >= 0.6 is 22.3 Å². The van der Waals surface area contributed by atoms with Gasteiger partial charge in [-0.05, 0) is 39.0 Å². The molecule has 1 heterocycles. The van der Waals surface area contributed by atoms with E-state index in [-0.39, 0.29) is 15.3 Å². The molecule has 0 aliphatic heterocycles. The van der Waals surface area contributed by atoms with Crippen LogP contribution in [0.5, 0.6) is 0 Å². The molecule has 0 spiro atoms. The smallest absolute Gasteiger partial charge is 0.257 e. The number of hydrogen-bond acceptors (Lipinski definition) is 2. The second kappa shape index (κ2) is 5.73. The van der Waals surface area contributed by atoms with Crippen LogP contribution in [0.2, 0.25) is 5.02 Å². The molecule has 0 aliphatic carbocycles. The van der Waals surface area contributed by atoms with Crippen molar-refractivity contribution in [2.45, 2.75) is 25.5 Å². The standard InChI is InChI=1S/C15H16ClFN2OS/c1-15(2,3)21(4)18-8-10-5-9-6-11(16)12(17)7-13(9)19-14(10)20/h5-8H,4H2,1-3H3,(H,19,20). The highest BCUT2D eigenvalue weighted by Gasteiger charge is 2.12. The number of nitrogens with zero attached hydrogens (tertiary/aromatic N) is 1. The number of aromatic nitrogens is 1. The molecular formula is C15H16ClFN2OS. The highest BCUT2D eigenvalue weighted by Crippen LogP contribution is 2.30. The van der Waals surface area contributed by atoms with Crippen molar-refractivity contribution in [3.8, 4) is 0 Å². The Kier molecular flexibility index (Phi) is 4.35. The summed E-state index contributed by atoms with van der Waals surface area (Å²) in [6.45, 7) is 6.11. The van der Waals surface area contributed by atoms with Gasteiger partial charge in [-0.2, -0.15) is 0 Å². The lowest BCUT2D eigenvalue weighted by Gasteiger charge is -2.18. The van der Waals surface area contributed by atoms with Gasteiger partial charge < -0.3 is 4.98 Å². The van der Waals surface area contributed by atoms with Crippen molar-refractivity contribution < 1.29 is 4.39 Å². The predicted molar refractivity (Wildman–Crippen MR) is 91.6 cm³/mol. The van der Waals surface area contributed by atoms with Gasteiger partial charge in [0.2, 0.25) is 0 Å². The SMILES string of the molecule is C=S(N=Cc1cc2cc(Cl)c(F)cc2[nH]c1=O)C(C)(C)C. The molecular weight excluding hydrogens is 311 g/mol. The zero-order chi connectivity index (χ0) is 15.8. The first-order valence-corrected chi connectivity index (χ1v) is 8.02. The lowest BCUT2D eigenvalue weighted by molar-refractivity contribution is 0.630. The van der Waals surface area contributed by atoms with Crippen molar-refractivity contribution in [3.63, 3.8) is 0 Å². The molecule has 1 N–H and O–H groups in total. The summed E-state index contributed by atoms with van der Waals surface area (Å²) >= 11 is 5.76. The van der Waals surface area contributed by atoms with E-state index in [4.69, 9.17) is 11.6 Å². The molecule has 0 amide bonds. The third-order valence-electron chi connectivity index (χ3n) is 2.94. The van der Waals surface area contributed by atoms with Gasteiger partial charge in [-0.3, -0.25) is 4.79 Å². The molecule has 0 fully saturated rings. The summed E-state index contributed by atoms with van der Waals surface area (Å²) in [7, 11) is -0.457. The van der Waals surface area contributed by atoms with Gasteiger partial charge in [0.05, 0.1) is 16.1 Å². The fourth-order valence-corrected chi connectivity index (χ4v) is 2.32. The summed E-state index contributed by atoms with van der Waals surface area (Å²) in [5, 5.41) is 0.672. The van der Waals surface area contributed by atoms with Crippen LogP contribution in [0, 0.1) is 5.82 Å². The number of fused-ring (bicyclic) bond motifs is 1. The number of H-pyrrole nitrogens is 1. The number of aromatic amines is 1. The zero-order valence-corrected chi connectivity index (χ0v) is 13.6. The number of hydrogen-bond donors (Lipinski definition) is 1. The lowest BCUT2D eigenvalue weighted by atomic mass is 10.1. The van der Waals surface area contributed by atoms with Gasteiger partial charge in [0, 0.05) is 16.3 Å². The van der Waals surface area contributed by atoms with Crippen molar-refractivity contribution in [1.82, 2.24) is 4.98 Å². The second-order valence-corrected chi connectivity index (χ2v) is 8.19. The first-order valence-electron chi connectivity index (χ1n) is 6.29. The Morgan fingerprint density at radius 2 is 2.05 bits per heavy atom. The highest BCUT2D eigenvalue weighted by atomic mass is 35.5. The average molecular weight is 327 g/mol. The maximum atomic E-state index is 13.4. The average Bonchev–Trinajstić information content (AvgIpc) is 2.37. The van der Waals surface area contributed by atoms with E-state index in [1.807, 2.05) is 20.8 Å². The largest absolute Gasteiger partial charge is 0.321 e. The number of benzene rings is 1. The normalized spacial score (nSPS) is 14.0. The van der Waals surface area contributed by atoms with Gasteiger partial charge in [0.1, 0.15) is 5.82 Å². The first-order chi connectivity index (χ1) is 9.68. The van der Waals surface area contributed by atoms with Crippen molar-refractivity contribution in [3.05, 3.63) is 45.0 Å². The topological polar surface area (TPSA) is 45.2 Å². The summed E-state index contributed by atoms with van der Waals surface area (Å²) in [6, 6.07) is 4.33. The van der Waals surface area contributed by atoms with E-state index in [1.165, 1.54) is 18.3 Å². The number of rotatable bonds is 2. The Labute approximate surface area is 129 Å². The van der Waals surface area contributed by atoms with Crippen LogP contribution in [0.3, 0.4) is 0 Å². The van der Waals surface area contributed by atoms with Gasteiger partial charge in [-0.1, -0.05) is 28.1 Å². The molecule has 112 valence electrons. The van der Waals surface area contributed by atoms with Crippen LogP contribution in [0.1, 0.15) is 26.3 Å². The Hall–Kier alpha value is -1.46. The molecule has 2 aromatic rings. The van der Waals surface area contributed by atoms with Crippen molar-refractivity contribution in [2.24, 2.45) is 4.40 Å². The Bertz CT molecular complexity index is 806. The second-order valence-electron chi connectivity index (χ2n) is 5.62. The van der Waals surface area contributed by atoms with E-state index >= 15 is 0 Å². The van der Waals surface area contributed by atoms with Crippen molar-refractivity contribution >= 4 is 45.3 Å². The minimum absolute atomic E-state index is 0.0176. The maximum absolute atomic E-state index is 13.4. The van der Waals surface area contributed by atoms with Gasteiger partial charge in [-0.15, -0.1) is 0 Å². The lowest BCUT2D eigenvalue weighted by Crippen LogP contribution is -2.13. The quantitative estimate of drug-likeness (QED) is 0.654. The molecule has 0 saturated heterocycles. The fourth-order valence-electron chi connectivity index (χ4n) is 1.59. The van der Waals surface area contributed by atoms with E-state index < -0.39 is 16.5 Å². The number of pyridine rings is 1. The Balaban J connectivity index is 2.49. The Morgan fingerprint density at radius 1 is 1.38 bits per heavy atom. The van der Waals surface area contributed by atoms with E-state index in [0.717, 1.165) is 0 Å². The fraction of sp³-hybridized carbons (Fsp3) is 0.267. The van der Waals surface area contributed by atoms with Crippen LogP contribution in [-0.4, -0.2) is 21.8 Å². The van der Waals surface area contributed by atoms with Gasteiger partial charge in [0.15, 0.2) is 0 Å². The van der Waals surface area contributed by atoms with Crippen LogP contribution in [0.25, 0.3) is 10.9 Å². The van der Waals surface area contributed by atoms with E-state index in [0.29, 0.717) is 16.5 Å². The van der Waals surface area contributed by atoms with Crippen molar-refractivity contribution in [2.75, 3.05) is 0 Å². The van der Waals surface area contributed by atoms with Crippen LogP contribution in [0.15, 0.2) is 27.4 Å². The molecule has 1 aromatic heterocycles. The van der Waals surface area contributed by atoms with Crippen molar-refractivity contribution in [1.29, 1.82) is 0 Å². The summed E-state index contributed by atoms with van der Waals surface area (Å²) in [4.78, 5) is 14.6. The van der Waals surface area contributed by atoms with Crippen LogP contribution in [-0.2, 0) is 0 Å². The summed E-state index contributed by atoms with van der Waals surface area (Å²) in [5.41, 5.74) is 0.484. The zero-order valence-electron chi connectivity index (χ0n) is 12.0. The van der Waals surface area contributed by atoms with Crippen LogP contribution < -0.4 is 5.56 Å². The van der Waals surface area contributed by atoms with Gasteiger partial charge >= 0.3 is 0 Å². The van der Waals surface area contributed by atoms with E-state index in [9.17, 15) is 9.18 Å². The molecule has 0 bridgehead atoms. The molecule has 1 aromatic carbocycles. The van der Waals surface area contributed by atoms with E-state index in [2.05, 4.69) is 15.3 Å². The van der Waals surface area contributed by atoms with Gasteiger partial charge in [0.25, 0.3) is 5.56 Å². The molecule has 6 heteroatoms. The molecule has 2 rings (SSSR count). The molecule has 0 aliphatic rings. The molecule has 3 nitrogen and oxygen atoms in total. The monoisotopic (exact) mass is 326 g/mol. The molecule has 0 saturated carbocycles. The maximum Gasteiger partial charge on any atom is 0.257 e. The number of halogens is 2. The van der Waals surface area contributed by atoms with Gasteiger partial charge in [-0.25, -0.2) is 8.79 Å². The summed E-state index contributed by atoms with van der Waals surface area (Å²) < 4.78 is 17.7. The van der Waals surface area contributed by atoms with E-state index in [1.54, 1.807) is 6.07 Å². The predicted octanol–water partition coefficient (Wildman–Crippen LogP) is 4.15. The highest BCUT2D eigenvalue weighted by molar-refractivity contribution is 8.14. The molecule has 21 heavy (non-hydrogen) atoms.